The van der Waals surface area contributed by atoms with E-state index in [4.69, 9.17) is 0 Å². The molecule has 0 atom stereocenters. The number of benzene rings is 1. The first kappa shape index (κ1) is 14.0. The fourth-order valence-electron chi connectivity index (χ4n) is 1.90. The number of hydrogen-bond acceptors (Lipinski definition) is 4. The zero-order valence-electron chi connectivity index (χ0n) is 10.7. The van der Waals surface area contributed by atoms with Crippen molar-refractivity contribution in [2.24, 2.45) is 0 Å². The van der Waals surface area contributed by atoms with Crippen LogP contribution in [0.4, 0.5) is 0 Å². The first-order valence-corrected chi connectivity index (χ1v) is 7.04. The van der Waals surface area contributed by atoms with E-state index in [0.717, 1.165) is 10.1 Å². The Morgan fingerprint density at radius 2 is 2.00 bits per heavy atom. The molecule has 1 heterocycles. The van der Waals surface area contributed by atoms with E-state index in [2.05, 4.69) is 5.32 Å². The van der Waals surface area contributed by atoms with Crippen molar-refractivity contribution in [3.8, 4) is 0 Å². The molecule has 102 valence electrons. The van der Waals surface area contributed by atoms with Crippen molar-refractivity contribution >= 4 is 27.3 Å². The molecule has 0 aliphatic rings. The van der Waals surface area contributed by atoms with Gasteiger partial charge in [0.15, 0.2) is 0 Å². The van der Waals surface area contributed by atoms with Crippen LogP contribution in [0.2, 0.25) is 0 Å². The van der Waals surface area contributed by atoms with Crippen molar-refractivity contribution in [3.05, 3.63) is 35.2 Å². The van der Waals surface area contributed by atoms with Crippen molar-refractivity contribution in [1.82, 2.24) is 5.32 Å². The van der Waals surface area contributed by atoms with E-state index in [9.17, 15) is 15.0 Å². The fourth-order valence-corrected chi connectivity index (χ4v) is 2.84. The molecular formula is C14H17NO3S. The maximum atomic E-state index is 12.3. The van der Waals surface area contributed by atoms with Crippen molar-refractivity contribution in [3.63, 3.8) is 0 Å². The zero-order chi connectivity index (χ0) is 13.9. The van der Waals surface area contributed by atoms with Crippen LogP contribution >= 0.6 is 11.3 Å². The molecular weight excluding hydrogens is 262 g/mol. The quantitative estimate of drug-likeness (QED) is 0.781. The van der Waals surface area contributed by atoms with Crippen molar-refractivity contribution in [1.29, 1.82) is 0 Å². The second-order valence-electron chi connectivity index (χ2n) is 4.55. The second-order valence-corrected chi connectivity index (χ2v) is 5.46. The van der Waals surface area contributed by atoms with Gasteiger partial charge >= 0.3 is 0 Å². The third-order valence-corrected chi connectivity index (χ3v) is 4.35. The molecule has 2 aromatic rings. The Kier molecular flexibility index (Phi) is 4.19. The van der Waals surface area contributed by atoms with E-state index in [-0.39, 0.29) is 19.1 Å². The van der Waals surface area contributed by atoms with Crippen LogP contribution in [0.15, 0.2) is 29.6 Å². The van der Waals surface area contributed by atoms with Crippen LogP contribution in [0.5, 0.6) is 0 Å². The van der Waals surface area contributed by atoms with Crippen LogP contribution in [0.1, 0.15) is 23.7 Å². The minimum Gasteiger partial charge on any atom is -0.394 e. The van der Waals surface area contributed by atoms with E-state index in [0.29, 0.717) is 12.0 Å². The summed E-state index contributed by atoms with van der Waals surface area (Å²) in [4.78, 5) is 12.3. The molecule has 0 aliphatic carbocycles. The van der Waals surface area contributed by atoms with Crippen molar-refractivity contribution in [2.75, 3.05) is 13.2 Å². The number of aliphatic hydroxyl groups is 2. The van der Waals surface area contributed by atoms with Gasteiger partial charge in [0.05, 0.1) is 24.3 Å². The van der Waals surface area contributed by atoms with Crippen molar-refractivity contribution < 1.29 is 15.0 Å². The van der Waals surface area contributed by atoms with Crippen LogP contribution in [0.3, 0.4) is 0 Å². The number of nitrogens with one attached hydrogen (secondary N) is 1. The summed E-state index contributed by atoms with van der Waals surface area (Å²) in [6.07, 6.45) is 0.466. The summed E-state index contributed by atoms with van der Waals surface area (Å²) in [6, 6.07) is 7.67. The third kappa shape index (κ3) is 2.63. The van der Waals surface area contributed by atoms with E-state index < -0.39 is 5.54 Å². The molecule has 5 heteroatoms. The Hall–Kier alpha value is -1.43. The lowest BCUT2D eigenvalue weighted by Crippen LogP contribution is -2.53. The highest BCUT2D eigenvalue weighted by Crippen LogP contribution is 2.26. The third-order valence-electron chi connectivity index (χ3n) is 3.39. The Labute approximate surface area is 115 Å². The number of aliphatic hydroxyl groups excluding tert-OH is 2. The molecule has 0 fully saturated rings. The summed E-state index contributed by atoms with van der Waals surface area (Å²) in [5.74, 6) is -0.262. The largest absolute Gasteiger partial charge is 0.394 e. The number of thiophene rings is 1. The van der Waals surface area contributed by atoms with Gasteiger partial charge in [-0.1, -0.05) is 25.1 Å². The molecule has 1 amide bonds. The van der Waals surface area contributed by atoms with Gasteiger partial charge in [-0.3, -0.25) is 4.79 Å². The van der Waals surface area contributed by atoms with Gasteiger partial charge in [-0.15, -0.1) is 11.3 Å². The minimum absolute atomic E-state index is 0.262. The molecule has 0 saturated carbocycles. The highest BCUT2D eigenvalue weighted by atomic mass is 32.1. The molecule has 3 N–H and O–H groups in total. The predicted molar refractivity (Wildman–Crippen MR) is 76.5 cm³/mol. The molecule has 1 aromatic heterocycles. The molecule has 0 spiro atoms. The first-order chi connectivity index (χ1) is 9.15. The minimum atomic E-state index is -0.958. The highest BCUT2D eigenvalue weighted by molar-refractivity contribution is 7.17. The monoisotopic (exact) mass is 279 g/mol. The van der Waals surface area contributed by atoms with E-state index in [1.165, 1.54) is 11.3 Å². The van der Waals surface area contributed by atoms with Crippen LogP contribution < -0.4 is 5.32 Å². The Bertz CT molecular complexity index is 567. The molecule has 0 aliphatic heterocycles. The van der Waals surface area contributed by atoms with Gasteiger partial charge in [0.25, 0.3) is 5.91 Å². The SMILES string of the molecule is CCC(CO)(CO)NC(=O)c1csc2ccccc12. The summed E-state index contributed by atoms with van der Waals surface area (Å²) in [6.45, 7) is 1.25. The van der Waals surface area contributed by atoms with Gasteiger partial charge in [0.2, 0.25) is 0 Å². The summed E-state index contributed by atoms with van der Waals surface area (Å²) in [7, 11) is 0. The molecule has 0 bridgehead atoms. The second kappa shape index (κ2) is 5.69. The van der Waals surface area contributed by atoms with Gasteiger partial charge in [0, 0.05) is 15.5 Å². The van der Waals surface area contributed by atoms with E-state index in [1.807, 2.05) is 31.2 Å². The van der Waals surface area contributed by atoms with Gasteiger partial charge in [-0.05, 0) is 12.5 Å². The van der Waals surface area contributed by atoms with Gasteiger partial charge < -0.3 is 15.5 Å². The number of hydrogen-bond donors (Lipinski definition) is 3. The van der Waals surface area contributed by atoms with Gasteiger partial charge in [0.1, 0.15) is 0 Å². The van der Waals surface area contributed by atoms with Gasteiger partial charge in [-0.25, -0.2) is 0 Å². The van der Waals surface area contributed by atoms with E-state index >= 15 is 0 Å². The standard InChI is InChI=1S/C14H17NO3S/c1-2-14(8-16,9-17)15-13(18)11-7-19-12-6-4-3-5-10(11)12/h3-7,16-17H,2,8-9H2,1H3,(H,15,18). The zero-order valence-corrected chi connectivity index (χ0v) is 11.5. The maximum absolute atomic E-state index is 12.3. The highest BCUT2D eigenvalue weighted by Gasteiger charge is 2.29. The predicted octanol–water partition coefficient (Wildman–Crippen LogP) is 1.76. The number of amides is 1. The average molecular weight is 279 g/mol. The summed E-state index contributed by atoms with van der Waals surface area (Å²) in [5, 5.41) is 24.2. The molecule has 0 unspecified atom stereocenters. The fraction of sp³-hybridized carbons (Fsp3) is 0.357. The Balaban J connectivity index is 2.29. The maximum Gasteiger partial charge on any atom is 0.253 e. The molecule has 0 radical (unpaired) electrons. The smallest absolute Gasteiger partial charge is 0.253 e. The van der Waals surface area contributed by atoms with Crippen LogP contribution in [-0.2, 0) is 0 Å². The lowest BCUT2D eigenvalue weighted by molar-refractivity contribution is 0.0654. The number of carbonyl (C=O) groups excluding carboxylic acids is 1. The number of carbonyl (C=O) groups is 1. The number of fused-ring (bicyclic) bond motifs is 1. The molecule has 19 heavy (non-hydrogen) atoms. The summed E-state index contributed by atoms with van der Waals surface area (Å²) < 4.78 is 1.04. The van der Waals surface area contributed by atoms with E-state index in [1.54, 1.807) is 5.38 Å². The van der Waals surface area contributed by atoms with Gasteiger partial charge in [-0.2, -0.15) is 0 Å². The normalized spacial score (nSPS) is 11.7. The average Bonchev–Trinajstić information content (AvgIpc) is 2.89. The van der Waals surface area contributed by atoms with Crippen molar-refractivity contribution in [2.45, 2.75) is 18.9 Å². The molecule has 0 saturated heterocycles. The summed E-state index contributed by atoms with van der Waals surface area (Å²) in [5.41, 5.74) is -0.375. The van der Waals surface area contributed by atoms with Crippen LogP contribution in [0, 0.1) is 0 Å². The molecule has 2 rings (SSSR count). The lowest BCUT2D eigenvalue weighted by Gasteiger charge is -2.29. The number of rotatable bonds is 5. The lowest BCUT2D eigenvalue weighted by atomic mass is 9.98. The topological polar surface area (TPSA) is 69.6 Å². The summed E-state index contributed by atoms with van der Waals surface area (Å²) >= 11 is 1.51. The molecule has 1 aromatic carbocycles. The Morgan fingerprint density at radius 3 is 2.63 bits per heavy atom. The molecule has 4 nitrogen and oxygen atoms in total. The van der Waals surface area contributed by atoms with Crippen LogP contribution in [-0.4, -0.2) is 34.9 Å². The van der Waals surface area contributed by atoms with Crippen LogP contribution in [0.25, 0.3) is 10.1 Å². The first-order valence-electron chi connectivity index (χ1n) is 6.16. The Morgan fingerprint density at radius 1 is 1.32 bits per heavy atom.